The molecular weight excluding hydrogens is 255 g/mol. The van der Waals surface area contributed by atoms with E-state index in [2.05, 4.69) is 10.3 Å². The molecule has 1 aromatic carbocycles. The Hall–Kier alpha value is -1.75. The average Bonchev–Trinajstić information content (AvgIpc) is 2.92. The minimum Gasteiger partial charge on any atom is -0.325 e. The van der Waals surface area contributed by atoms with E-state index in [0.29, 0.717) is 12.5 Å². The molecule has 106 valence electrons. The highest BCUT2D eigenvalue weighted by Crippen LogP contribution is 2.34. The van der Waals surface area contributed by atoms with Crippen molar-refractivity contribution in [1.82, 2.24) is 15.0 Å². The summed E-state index contributed by atoms with van der Waals surface area (Å²) in [5, 5.41) is 8.37. The van der Waals surface area contributed by atoms with E-state index in [1.807, 2.05) is 6.07 Å². The fraction of sp³-hybridized carbons (Fsp3) is 0.467. The Morgan fingerprint density at radius 2 is 2.05 bits per heavy atom. The van der Waals surface area contributed by atoms with Crippen molar-refractivity contribution in [2.24, 2.45) is 5.73 Å². The third-order valence-electron chi connectivity index (χ3n) is 4.02. The first-order chi connectivity index (χ1) is 9.79. The van der Waals surface area contributed by atoms with E-state index < -0.39 is 0 Å². The van der Waals surface area contributed by atoms with Gasteiger partial charge >= 0.3 is 0 Å². The van der Waals surface area contributed by atoms with Gasteiger partial charge in [0.05, 0.1) is 11.4 Å². The van der Waals surface area contributed by atoms with Gasteiger partial charge in [0.2, 0.25) is 0 Å². The van der Waals surface area contributed by atoms with E-state index in [-0.39, 0.29) is 5.82 Å². The topological polar surface area (TPSA) is 56.7 Å². The Morgan fingerprint density at radius 3 is 2.75 bits per heavy atom. The Labute approximate surface area is 117 Å². The standard InChI is InChI=1S/C15H19FN4/c16-12-7-4-8-13(9-12)20-15(14(10-17)18-19-20)11-5-2-1-3-6-11/h4,7-9,11H,1-3,5-6,10,17H2. The van der Waals surface area contributed by atoms with E-state index in [4.69, 9.17) is 5.73 Å². The number of halogens is 1. The Kier molecular flexibility index (Phi) is 3.78. The van der Waals surface area contributed by atoms with Crippen LogP contribution in [-0.2, 0) is 6.54 Å². The summed E-state index contributed by atoms with van der Waals surface area (Å²) in [6.45, 7) is 0.376. The van der Waals surface area contributed by atoms with E-state index in [1.54, 1.807) is 10.7 Å². The van der Waals surface area contributed by atoms with Gasteiger partial charge in [-0.05, 0) is 31.0 Å². The maximum absolute atomic E-state index is 13.4. The van der Waals surface area contributed by atoms with Crippen LogP contribution in [0.2, 0.25) is 0 Å². The zero-order valence-corrected chi connectivity index (χ0v) is 11.4. The smallest absolute Gasteiger partial charge is 0.125 e. The van der Waals surface area contributed by atoms with Crippen molar-refractivity contribution in [3.8, 4) is 5.69 Å². The predicted octanol–water partition coefficient (Wildman–Crippen LogP) is 2.91. The molecule has 5 heteroatoms. The van der Waals surface area contributed by atoms with Crippen molar-refractivity contribution in [2.75, 3.05) is 0 Å². The first-order valence-electron chi connectivity index (χ1n) is 7.20. The fourth-order valence-corrected chi connectivity index (χ4v) is 3.05. The van der Waals surface area contributed by atoms with Crippen LogP contribution in [0.3, 0.4) is 0 Å². The SMILES string of the molecule is NCc1nnn(-c2cccc(F)c2)c1C1CCCCC1. The molecule has 0 radical (unpaired) electrons. The lowest BCUT2D eigenvalue weighted by atomic mass is 9.86. The maximum atomic E-state index is 13.4. The van der Waals surface area contributed by atoms with Crippen LogP contribution >= 0.6 is 0 Å². The molecule has 0 saturated heterocycles. The molecular formula is C15H19FN4. The molecule has 1 aromatic heterocycles. The normalized spacial score (nSPS) is 16.5. The van der Waals surface area contributed by atoms with Crippen molar-refractivity contribution in [3.63, 3.8) is 0 Å². The molecule has 1 aliphatic carbocycles. The highest BCUT2D eigenvalue weighted by atomic mass is 19.1. The third kappa shape index (κ3) is 2.45. The van der Waals surface area contributed by atoms with Crippen LogP contribution in [0.1, 0.15) is 49.4 Å². The molecule has 20 heavy (non-hydrogen) atoms. The first kappa shape index (κ1) is 13.2. The van der Waals surface area contributed by atoms with Gasteiger partial charge in [0.15, 0.2) is 0 Å². The zero-order valence-electron chi connectivity index (χ0n) is 11.4. The second-order valence-corrected chi connectivity index (χ2v) is 5.35. The second-order valence-electron chi connectivity index (χ2n) is 5.35. The van der Waals surface area contributed by atoms with E-state index in [1.165, 1.54) is 31.4 Å². The largest absolute Gasteiger partial charge is 0.325 e. The summed E-state index contributed by atoms with van der Waals surface area (Å²) in [6.07, 6.45) is 6.01. The summed E-state index contributed by atoms with van der Waals surface area (Å²) in [5.74, 6) is 0.169. The van der Waals surface area contributed by atoms with Gasteiger partial charge in [0.1, 0.15) is 11.5 Å². The molecule has 1 aliphatic rings. The first-order valence-corrected chi connectivity index (χ1v) is 7.20. The predicted molar refractivity (Wildman–Crippen MR) is 75.0 cm³/mol. The van der Waals surface area contributed by atoms with Crippen molar-refractivity contribution in [2.45, 2.75) is 44.6 Å². The van der Waals surface area contributed by atoms with Crippen molar-refractivity contribution < 1.29 is 4.39 Å². The number of aromatic nitrogens is 3. The fourth-order valence-electron chi connectivity index (χ4n) is 3.05. The number of nitrogens with zero attached hydrogens (tertiary/aromatic N) is 3. The summed E-state index contributed by atoms with van der Waals surface area (Å²) >= 11 is 0. The molecule has 2 N–H and O–H groups in total. The molecule has 0 unspecified atom stereocenters. The molecule has 3 rings (SSSR count). The molecule has 1 heterocycles. The van der Waals surface area contributed by atoms with Crippen LogP contribution < -0.4 is 5.73 Å². The van der Waals surface area contributed by atoms with Gasteiger partial charge in [-0.1, -0.05) is 30.5 Å². The Morgan fingerprint density at radius 1 is 1.25 bits per heavy atom. The van der Waals surface area contributed by atoms with Gasteiger partial charge in [0, 0.05) is 12.5 Å². The summed E-state index contributed by atoms with van der Waals surface area (Å²) in [4.78, 5) is 0. The highest BCUT2D eigenvalue weighted by Gasteiger charge is 2.24. The van der Waals surface area contributed by atoms with Crippen LogP contribution in [0.5, 0.6) is 0 Å². The molecule has 0 aliphatic heterocycles. The lowest BCUT2D eigenvalue weighted by Crippen LogP contribution is -2.14. The van der Waals surface area contributed by atoms with Gasteiger partial charge in [-0.15, -0.1) is 5.10 Å². The van der Waals surface area contributed by atoms with Gasteiger partial charge in [-0.25, -0.2) is 9.07 Å². The summed E-state index contributed by atoms with van der Waals surface area (Å²) in [5.41, 5.74) is 8.41. The highest BCUT2D eigenvalue weighted by molar-refractivity contribution is 5.35. The van der Waals surface area contributed by atoms with Gasteiger partial charge in [-0.3, -0.25) is 0 Å². The number of hydrogen-bond donors (Lipinski definition) is 1. The second kappa shape index (κ2) is 5.71. The average molecular weight is 274 g/mol. The number of rotatable bonds is 3. The Bertz CT molecular complexity index is 587. The summed E-state index contributed by atoms with van der Waals surface area (Å²) in [6, 6.07) is 6.47. The van der Waals surface area contributed by atoms with Crippen LogP contribution in [0.15, 0.2) is 24.3 Å². The lowest BCUT2D eigenvalue weighted by Gasteiger charge is -2.23. The molecule has 4 nitrogen and oxygen atoms in total. The number of hydrogen-bond acceptors (Lipinski definition) is 3. The quantitative estimate of drug-likeness (QED) is 0.936. The van der Waals surface area contributed by atoms with Crippen LogP contribution in [0, 0.1) is 5.82 Å². The van der Waals surface area contributed by atoms with E-state index in [0.717, 1.165) is 29.9 Å². The lowest BCUT2D eigenvalue weighted by molar-refractivity contribution is 0.427. The molecule has 1 saturated carbocycles. The van der Waals surface area contributed by atoms with Crippen LogP contribution in [0.25, 0.3) is 5.69 Å². The number of nitrogens with two attached hydrogens (primary N) is 1. The molecule has 0 bridgehead atoms. The molecule has 0 atom stereocenters. The third-order valence-corrected chi connectivity index (χ3v) is 4.02. The Balaban J connectivity index is 2.04. The van der Waals surface area contributed by atoms with Crippen molar-refractivity contribution in [1.29, 1.82) is 0 Å². The van der Waals surface area contributed by atoms with Gasteiger partial charge < -0.3 is 5.73 Å². The van der Waals surface area contributed by atoms with Crippen molar-refractivity contribution >= 4 is 0 Å². The molecule has 0 spiro atoms. The van der Waals surface area contributed by atoms with E-state index in [9.17, 15) is 4.39 Å². The molecule has 1 fully saturated rings. The summed E-state index contributed by atoms with van der Waals surface area (Å²) in [7, 11) is 0. The van der Waals surface area contributed by atoms with Crippen LogP contribution in [-0.4, -0.2) is 15.0 Å². The van der Waals surface area contributed by atoms with Crippen LogP contribution in [0.4, 0.5) is 4.39 Å². The zero-order chi connectivity index (χ0) is 13.9. The minimum atomic E-state index is -0.262. The van der Waals surface area contributed by atoms with Gasteiger partial charge in [0.25, 0.3) is 0 Å². The van der Waals surface area contributed by atoms with Crippen molar-refractivity contribution in [3.05, 3.63) is 41.5 Å². The van der Waals surface area contributed by atoms with E-state index >= 15 is 0 Å². The maximum Gasteiger partial charge on any atom is 0.125 e. The summed E-state index contributed by atoms with van der Waals surface area (Å²) < 4.78 is 15.2. The monoisotopic (exact) mass is 274 g/mol. The van der Waals surface area contributed by atoms with Gasteiger partial charge in [-0.2, -0.15) is 0 Å². The molecule has 2 aromatic rings. The minimum absolute atomic E-state index is 0.262. The molecule has 0 amide bonds. The number of benzene rings is 1.